The summed E-state index contributed by atoms with van der Waals surface area (Å²) in [5.74, 6) is -1.78. The molecule has 3 saturated carbocycles. The van der Waals surface area contributed by atoms with Gasteiger partial charge in [0.25, 0.3) is 23.6 Å². The quantitative estimate of drug-likeness (QED) is 0.0336. The minimum atomic E-state index is -2.92. The second-order valence-corrected chi connectivity index (χ2v) is 37.3. The van der Waals surface area contributed by atoms with E-state index in [1.165, 1.54) is 86.9 Å². The van der Waals surface area contributed by atoms with Crippen LogP contribution in [-0.4, -0.2) is 128 Å². The van der Waals surface area contributed by atoms with Crippen LogP contribution in [0.5, 0.6) is 0 Å². The molecule has 4 aromatic heterocycles. The fraction of sp³-hybridized carbons (Fsp3) is 0.257. The average molecular weight is 2020 g/mol. The molecule has 4 amide bonds. The van der Waals surface area contributed by atoms with Crippen LogP contribution in [0.15, 0.2) is 259 Å². The highest BCUT2D eigenvalue weighted by atomic mass is 79.9. The molecule has 8 aromatic carbocycles. The first-order valence-corrected chi connectivity index (χ1v) is 45.2. The van der Waals surface area contributed by atoms with Crippen LogP contribution < -0.4 is 0 Å². The molecule has 0 saturated heterocycles. The summed E-state index contributed by atoms with van der Waals surface area (Å²) in [7, 11) is 0. The first-order valence-electron chi connectivity index (χ1n) is 48.1. The second-order valence-electron chi connectivity index (χ2n) is 33.7. The number of aliphatic hydroxyl groups is 5. The molecule has 0 radical (unpaired) electrons. The molecule has 3 fully saturated rings. The van der Waals surface area contributed by atoms with E-state index in [0.29, 0.717) is 125 Å². The van der Waals surface area contributed by atoms with Gasteiger partial charge in [0.1, 0.15) is 0 Å². The van der Waals surface area contributed by atoms with Gasteiger partial charge >= 0.3 is 0 Å². The lowest BCUT2D eigenvalue weighted by Gasteiger charge is -2.40. The number of pyridine rings is 4. The third kappa shape index (κ3) is 19.0. The van der Waals surface area contributed by atoms with Crippen LogP contribution in [0.25, 0.3) is 5.57 Å². The van der Waals surface area contributed by atoms with Crippen LogP contribution in [0.4, 0.5) is 0 Å². The zero-order chi connectivity index (χ0) is 106. The maximum Gasteiger partial charge on any atom is 0.257 e. The van der Waals surface area contributed by atoms with Gasteiger partial charge in [-0.1, -0.05) is 175 Å². The van der Waals surface area contributed by atoms with Gasteiger partial charge in [-0.3, -0.25) is 58.7 Å². The minimum Gasteiger partial charge on any atom is -0.396 e. The van der Waals surface area contributed by atoms with Crippen molar-refractivity contribution in [3.63, 3.8) is 0 Å². The monoisotopic (exact) mass is 2020 g/mol. The van der Waals surface area contributed by atoms with Crippen LogP contribution in [0.3, 0.4) is 0 Å². The SMILES string of the molecule is N#Cc1ccc(C2(O)c3ccc(Br)cc3C(=O)N2Cc2ccc(Cl)cn2)cc1.[2H]C([2H])(O)C1(C([2H])([2H])OC2(c3ccc(C#N)cc3)c3ccc(Br)cc3C(=O)N2Cc2ccc(Cl)cn2)CC1.[2H]C([2H])(O)C1(C([2H])([2H])OC2(c3ccc(C#N)cc3)c3ccc(C(=C)C)cc3C(=O)N2Cc2ccc(Cl)cn2)CC1.[2H]C([2H])(O)C1(C([2H])([2H])O[C@]2(c3ccc(C#N)cc3)c3ccc(C(C)(C)O)cc3C(=O)N2Cc2ccc(Cl)cn2)CC1. The Hall–Kier alpha value is -12.3. The van der Waals surface area contributed by atoms with Gasteiger partial charge < -0.3 is 39.7 Å². The molecule has 0 spiro atoms. The van der Waals surface area contributed by atoms with Crippen molar-refractivity contribution in [2.45, 2.75) is 114 Å². The molecule has 0 bridgehead atoms. The van der Waals surface area contributed by atoms with Crippen LogP contribution in [0.2, 0.25) is 20.1 Å². The minimum absolute atomic E-state index is 0.0180. The lowest BCUT2D eigenvalue weighted by atomic mass is 9.89. The molecule has 4 aliphatic heterocycles. The molecular weight excluding hydrogens is 1920 g/mol. The van der Waals surface area contributed by atoms with Gasteiger partial charge in [-0.05, 0) is 204 Å². The van der Waals surface area contributed by atoms with E-state index in [-0.39, 0.29) is 92.9 Å². The molecule has 30 heteroatoms. The number of nitrogens with zero attached hydrogens (tertiary/aromatic N) is 12. The first-order chi connectivity index (χ1) is 69.1. The Balaban J connectivity index is 0.000000141. The number of carbonyl (C=O) groups is 4. The number of amides is 4. The molecule has 7 aliphatic rings. The number of allylic oxidation sites excluding steroid dienone is 1. The Morgan fingerprint density at radius 1 is 0.415 bits per heavy atom. The molecule has 135 heavy (non-hydrogen) atoms. The van der Waals surface area contributed by atoms with E-state index >= 15 is 0 Å². The maximum absolute atomic E-state index is 14.2. The summed E-state index contributed by atoms with van der Waals surface area (Å²) in [6.45, 7) is -8.26. The number of aromatic nitrogens is 4. The van der Waals surface area contributed by atoms with Crippen molar-refractivity contribution in [1.29, 1.82) is 21.0 Å². The zero-order valence-electron chi connectivity index (χ0n) is 84.1. The Labute approximate surface area is 833 Å². The van der Waals surface area contributed by atoms with Gasteiger partial charge in [0.2, 0.25) is 0 Å². The Bertz CT molecular complexity index is 7400. The Morgan fingerprint density at radius 3 is 0.993 bits per heavy atom. The van der Waals surface area contributed by atoms with E-state index in [9.17, 15) is 60.5 Å². The second kappa shape index (κ2) is 38.8. The van der Waals surface area contributed by atoms with Gasteiger partial charge in [-0.15, -0.1) is 0 Å². The lowest BCUT2D eigenvalue weighted by molar-refractivity contribution is -0.129. The van der Waals surface area contributed by atoms with Crippen molar-refractivity contribution in [2.75, 3.05) is 39.4 Å². The van der Waals surface area contributed by atoms with Gasteiger partial charge in [0, 0.05) is 117 Å². The van der Waals surface area contributed by atoms with Crippen molar-refractivity contribution < 1.29 is 75.4 Å². The molecule has 3 aliphatic carbocycles. The Morgan fingerprint density at radius 2 is 0.696 bits per heavy atom. The summed E-state index contributed by atoms with van der Waals surface area (Å²) >= 11 is 30.8. The number of hydrogen-bond donors (Lipinski definition) is 5. The fourth-order valence-electron chi connectivity index (χ4n) is 16.2. The summed E-state index contributed by atoms with van der Waals surface area (Å²) in [5.41, 5.74) is -5.06. The lowest BCUT2D eigenvalue weighted by Crippen LogP contribution is -2.47. The van der Waals surface area contributed by atoms with Crippen LogP contribution in [0, 0.1) is 61.6 Å². The third-order valence-corrected chi connectivity index (χ3v) is 26.1. The van der Waals surface area contributed by atoms with E-state index in [1.54, 1.807) is 197 Å². The number of fused-ring (bicyclic) bond motifs is 4. The smallest absolute Gasteiger partial charge is 0.257 e. The predicted octanol–water partition coefficient (Wildman–Crippen LogP) is 19.0. The number of ether oxygens (including phenoxy) is 3. The molecule has 12 aromatic rings. The summed E-state index contributed by atoms with van der Waals surface area (Å²) in [6.07, 6.45) is 6.01. The fourth-order valence-corrected chi connectivity index (χ4v) is 17.4. The largest absolute Gasteiger partial charge is 0.396 e. The molecule has 19 rings (SSSR count). The van der Waals surface area contributed by atoms with E-state index in [2.05, 4.69) is 70.5 Å². The number of carbonyl (C=O) groups excluding carboxylic acids is 4. The molecular formula is C105H88Br2Cl4N12O12. The first kappa shape index (κ1) is 81.1. The Kier molecular flexibility index (Phi) is 23.3. The summed E-state index contributed by atoms with van der Waals surface area (Å²) in [5, 5.41) is 92.4. The zero-order valence-corrected chi connectivity index (χ0v) is 78.3. The van der Waals surface area contributed by atoms with Crippen LogP contribution in [0.1, 0.15) is 218 Å². The van der Waals surface area contributed by atoms with Crippen molar-refractivity contribution in [1.82, 2.24) is 39.5 Å². The van der Waals surface area contributed by atoms with Crippen LogP contribution in [-0.2, 0) is 68.9 Å². The molecule has 24 nitrogen and oxygen atoms in total. The highest BCUT2D eigenvalue weighted by Gasteiger charge is 2.59. The van der Waals surface area contributed by atoms with Crippen molar-refractivity contribution in [2.24, 2.45) is 16.2 Å². The molecule has 4 atom stereocenters. The standard InChI is InChI=1S/C29H28ClN3O4.C29H26ClN3O3.C26H21BrClN3O3.C21H13BrClN3O2/c1-27(2,36)21-7-10-25-24(13-21)26(35)33(16-23-9-8-22(30)15-32-23)29(25,37-18-28(17-34)11-12-28)20-5-3-19(14-31)4-6-20;1-19(2)21-5-10-26-25(13-21)27(35)33(16-24-9-8-23(30)15-32-24)29(26,36-18-28(17-34)11-12-28)22-6-3-20(14-31)4-7-22;27-19-5-8-23-22(11-19)24(33)31(14-21-7-6-20(28)13-30-21)26(23,34-16-25(15-32)9-10-25)18-3-1-17(12-29)2-4-18;22-15-5-8-19-18(9-15)20(27)26(12-17-7-6-16(23)11-25-17)21(19,28)14-3-1-13(10-24)2-4-14/h3-10,13,15,34,36H,11-12,16-18H2,1-2H3;3-10,13,15,34H,1,11-12,16-18H2,2H3;1-8,11,13,32H,9-10,14-16H2;1-9,11,28H,12H2/t29-;;;/m1.../s1/i2*17D2,18D2;15D2,16D2;. The number of rotatable bonds is 26. The average Bonchev–Trinajstić information content (AvgIpc) is 1.67. The summed E-state index contributed by atoms with van der Waals surface area (Å²) < 4.78 is 122. The number of hydrogen-bond acceptors (Lipinski definition) is 20. The number of benzene rings is 8. The van der Waals surface area contributed by atoms with E-state index in [0.717, 1.165) is 10.0 Å². The highest BCUT2D eigenvalue weighted by molar-refractivity contribution is 9.10. The van der Waals surface area contributed by atoms with Gasteiger partial charge in [-0.25, -0.2) is 0 Å². The van der Waals surface area contributed by atoms with Gasteiger partial charge in [0.15, 0.2) is 22.9 Å². The van der Waals surface area contributed by atoms with E-state index in [1.807, 2.05) is 12.1 Å². The molecule has 682 valence electrons. The third-order valence-electron chi connectivity index (χ3n) is 24.2. The van der Waals surface area contributed by atoms with E-state index < -0.39 is 102 Å². The van der Waals surface area contributed by atoms with Crippen molar-refractivity contribution >= 4 is 107 Å². The summed E-state index contributed by atoms with van der Waals surface area (Å²) in [6, 6.07) is 66.5. The molecule has 5 N–H and O–H groups in total. The van der Waals surface area contributed by atoms with E-state index in [4.69, 9.17) is 82.3 Å². The number of halogens is 6. The maximum atomic E-state index is 14.2. The summed E-state index contributed by atoms with van der Waals surface area (Å²) in [4.78, 5) is 78.1. The highest BCUT2D eigenvalue weighted by Crippen LogP contribution is 2.56. The molecule has 8 heterocycles. The van der Waals surface area contributed by atoms with Gasteiger partial charge in [0.05, 0.1) is 177 Å². The molecule has 3 unspecified atom stereocenters. The van der Waals surface area contributed by atoms with Gasteiger partial charge in [-0.2, -0.15) is 21.0 Å². The topological polar surface area (TPSA) is 357 Å². The predicted molar refractivity (Wildman–Crippen MR) is 512 cm³/mol. The van der Waals surface area contributed by atoms with Crippen molar-refractivity contribution in [3.05, 3.63) is 402 Å². The van der Waals surface area contributed by atoms with Crippen molar-refractivity contribution in [3.8, 4) is 24.3 Å². The van der Waals surface area contributed by atoms with Crippen LogP contribution >= 0.6 is 78.3 Å². The normalized spacial score (nSPS) is 21.5. The number of nitriles is 4.